The van der Waals surface area contributed by atoms with Crippen molar-refractivity contribution in [2.24, 2.45) is 5.41 Å². The zero-order valence-electron chi connectivity index (χ0n) is 9.21. The number of hydrogen-bond donors (Lipinski definition) is 0. The van der Waals surface area contributed by atoms with Crippen molar-refractivity contribution in [2.45, 2.75) is 27.4 Å². The summed E-state index contributed by atoms with van der Waals surface area (Å²) in [7, 11) is 0. The van der Waals surface area contributed by atoms with Crippen molar-refractivity contribution in [3.63, 3.8) is 0 Å². The molecule has 0 aromatic heterocycles. The highest BCUT2D eigenvalue weighted by atomic mass is 19.1. The van der Waals surface area contributed by atoms with Crippen molar-refractivity contribution < 1.29 is 13.9 Å². The Morgan fingerprint density at radius 1 is 1.27 bits per heavy atom. The van der Waals surface area contributed by atoms with Gasteiger partial charge in [-0.05, 0) is 38.5 Å². The number of benzene rings is 1. The second-order valence-corrected chi connectivity index (χ2v) is 4.45. The molecule has 2 nitrogen and oxygen atoms in total. The summed E-state index contributed by atoms with van der Waals surface area (Å²) in [6.07, 6.45) is 0. The van der Waals surface area contributed by atoms with Crippen LogP contribution in [0, 0.1) is 11.2 Å². The molecule has 0 amide bonds. The van der Waals surface area contributed by atoms with Crippen molar-refractivity contribution in [1.82, 2.24) is 0 Å². The third-order valence-electron chi connectivity index (χ3n) is 1.90. The second kappa shape index (κ2) is 4.43. The van der Waals surface area contributed by atoms with Gasteiger partial charge in [-0.3, -0.25) is 4.79 Å². The summed E-state index contributed by atoms with van der Waals surface area (Å²) in [5.41, 5.74) is 0.286. The summed E-state index contributed by atoms with van der Waals surface area (Å²) < 4.78 is 17.6. The standard InChI is InChI=1S/C12H15FO2/c1-12(2,3)11(14)15-8-9-4-6-10(13)7-5-9/h4-7H,8H2,1-3H3. The lowest BCUT2D eigenvalue weighted by Gasteiger charge is -2.16. The van der Waals surface area contributed by atoms with Gasteiger partial charge in [-0.2, -0.15) is 0 Å². The average Bonchev–Trinajstić information content (AvgIpc) is 2.15. The number of hydrogen-bond acceptors (Lipinski definition) is 2. The highest BCUT2D eigenvalue weighted by Gasteiger charge is 2.22. The first-order valence-corrected chi connectivity index (χ1v) is 4.81. The zero-order chi connectivity index (χ0) is 11.5. The van der Waals surface area contributed by atoms with Crippen molar-refractivity contribution >= 4 is 5.97 Å². The van der Waals surface area contributed by atoms with E-state index >= 15 is 0 Å². The third-order valence-corrected chi connectivity index (χ3v) is 1.90. The molecule has 1 rings (SSSR count). The summed E-state index contributed by atoms with van der Waals surface area (Å²) in [5.74, 6) is -0.548. The molecule has 0 radical (unpaired) electrons. The average molecular weight is 210 g/mol. The third kappa shape index (κ3) is 3.70. The molecule has 0 aliphatic carbocycles. The molecule has 0 atom stereocenters. The van der Waals surface area contributed by atoms with Gasteiger partial charge in [0.05, 0.1) is 5.41 Å². The Hall–Kier alpha value is -1.38. The monoisotopic (exact) mass is 210 g/mol. The van der Waals surface area contributed by atoms with E-state index in [1.54, 1.807) is 32.9 Å². The van der Waals surface area contributed by atoms with Gasteiger partial charge in [0.25, 0.3) is 0 Å². The molecule has 0 N–H and O–H groups in total. The Morgan fingerprint density at radius 2 is 1.80 bits per heavy atom. The van der Waals surface area contributed by atoms with Crippen LogP contribution in [-0.4, -0.2) is 5.97 Å². The molecule has 0 heterocycles. The van der Waals surface area contributed by atoms with E-state index < -0.39 is 5.41 Å². The van der Waals surface area contributed by atoms with E-state index in [4.69, 9.17) is 4.74 Å². The van der Waals surface area contributed by atoms with Crippen LogP contribution in [0.3, 0.4) is 0 Å². The molecule has 0 spiro atoms. The number of carbonyl (C=O) groups excluding carboxylic acids is 1. The van der Waals surface area contributed by atoms with Gasteiger partial charge in [0, 0.05) is 0 Å². The Morgan fingerprint density at radius 3 is 2.27 bits per heavy atom. The molecule has 15 heavy (non-hydrogen) atoms. The maximum Gasteiger partial charge on any atom is 0.311 e. The van der Waals surface area contributed by atoms with E-state index in [2.05, 4.69) is 0 Å². The van der Waals surface area contributed by atoms with Crippen LogP contribution in [0.25, 0.3) is 0 Å². The largest absolute Gasteiger partial charge is 0.460 e. The fourth-order valence-corrected chi connectivity index (χ4v) is 0.946. The number of ether oxygens (including phenoxy) is 1. The van der Waals surface area contributed by atoms with Gasteiger partial charge in [-0.25, -0.2) is 4.39 Å². The van der Waals surface area contributed by atoms with Gasteiger partial charge in [-0.1, -0.05) is 12.1 Å². The summed E-state index contributed by atoms with van der Waals surface area (Å²) in [4.78, 5) is 11.4. The van der Waals surface area contributed by atoms with Gasteiger partial charge in [0.2, 0.25) is 0 Å². The first-order chi connectivity index (χ1) is 6.89. The van der Waals surface area contributed by atoms with E-state index in [0.29, 0.717) is 0 Å². The van der Waals surface area contributed by atoms with Gasteiger partial charge in [0.15, 0.2) is 0 Å². The van der Waals surface area contributed by atoms with Crippen LogP contribution in [-0.2, 0) is 16.1 Å². The fraction of sp³-hybridized carbons (Fsp3) is 0.417. The maximum atomic E-state index is 12.6. The normalized spacial score (nSPS) is 11.2. The lowest BCUT2D eigenvalue weighted by Crippen LogP contribution is -2.22. The predicted molar refractivity (Wildman–Crippen MR) is 55.7 cm³/mol. The predicted octanol–water partition coefficient (Wildman–Crippen LogP) is 2.92. The molecule has 3 heteroatoms. The lowest BCUT2D eigenvalue weighted by molar-refractivity contribution is -0.154. The fourth-order valence-electron chi connectivity index (χ4n) is 0.946. The van der Waals surface area contributed by atoms with E-state index in [1.165, 1.54) is 12.1 Å². The van der Waals surface area contributed by atoms with Crippen LogP contribution in [0.15, 0.2) is 24.3 Å². The second-order valence-electron chi connectivity index (χ2n) is 4.45. The van der Waals surface area contributed by atoms with Gasteiger partial charge in [-0.15, -0.1) is 0 Å². The Bertz CT molecular complexity index is 336. The highest BCUT2D eigenvalue weighted by Crippen LogP contribution is 2.16. The first-order valence-electron chi connectivity index (χ1n) is 4.81. The van der Waals surface area contributed by atoms with E-state index in [1.807, 2.05) is 0 Å². The smallest absolute Gasteiger partial charge is 0.311 e. The maximum absolute atomic E-state index is 12.6. The minimum atomic E-state index is -0.500. The van der Waals surface area contributed by atoms with Crippen molar-refractivity contribution in [3.8, 4) is 0 Å². The minimum Gasteiger partial charge on any atom is -0.460 e. The number of esters is 1. The highest BCUT2D eigenvalue weighted by molar-refractivity contribution is 5.75. The van der Waals surface area contributed by atoms with Gasteiger partial charge < -0.3 is 4.74 Å². The quantitative estimate of drug-likeness (QED) is 0.701. The molecular formula is C12H15FO2. The zero-order valence-corrected chi connectivity index (χ0v) is 9.21. The molecule has 1 aromatic rings. The van der Waals surface area contributed by atoms with Gasteiger partial charge in [0.1, 0.15) is 12.4 Å². The summed E-state index contributed by atoms with van der Waals surface area (Å²) >= 11 is 0. The summed E-state index contributed by atoms with van der Waals surface area (Å²) in [6.45, 7) is 5.57. The molecule has 0 saturated heterocycles. The number of carbonyl (C=O) groups is 1. The van der Waals surface area contributed by atoms with E-state index in [0.717, 1.165) is 5.56 Å². The van der Waals surface area contributed by atoms with Crippen LogP contribution in [0.5, 0.6) is 0 Å². The molecule has 0 bridgehead atoms. The Labute approximate surface area is 89.1 Å². The van der Waals surface area contributed by atoms with Crippen LogP contribution in [0.2, 0.25) is 0 Å². The summed E-state index contributed by atoms with van der Waals surface area (Å²) in [5, 5.41) is 0. The number of halogens is 1. The lowest BCUT2D eigenvalue weighted by atomic mass is 9.97. The van der Waals surface area contributed by atoms with Crippen LogP contribution in [0.4, 0.5) is 4.39 Å². The molecule has 1 aromatic carbocycles. The topological polar surface area (TPSA) is 26.3 Å². The molecule has 0 aliphatic heterocycles. The van der Waals surface area contributed by atoms with Crippen LogP contribution >= 0.6 is 0 Å². The van der Waals surface area contributed by atoms with Crippen molar-refractivity contribution in [3.05, 3.63) is 35.6 Å². The minimum absolute atomic E-state index is 0.191. The van der Waals surface area contributed by atoms with E-state index in [9.17, 15) is 9.18 Å². The van der Waals surface area contributed by atoms with Crippen LogP contribution < -0.4 is 0 Å². The molecule has 0 unspecified atom stereocenters. The van der Waals surface area contributed by atoms with E-state index in [-0.39, 0.29) is 18.4 Å². The van der Waals surface area contributed by atoms with Gasteiger partial charge >= 0.3 is 5.97 Å². The van der Waals surface area contributed by atoms with Crippen molar-refractivity contribution in [2.75, 3.05) is 0 Å². The number of rotatable bonds is 2. The van der Waals surface area contributed by atoms with Crippen molar-refractivity contribution in [1.29, 1.82) is 0 Å². The Balaban J connectivity index is 2.51. The molecule has 0 fully saturated rings. The molecule has 82 valence electrons. The SMILES string of the molecule is CC(C)(C)C(=O)OCc1ccc(F)cc1. The first kappa shape index (κ1) is 11.7. The Kier molecular flexibility index (Phi) is 3.45. The molecule has 0 saturated carbocycles. The van der Waals surface area contributed by atoms with Crippen LogP contribution in [0.1, 0.15) is 26.3 Å². The molecular weight excluding hydrogens is 195 g/mol. The molecule has 0 aliphatic rings. The summed E-state index contributed by atoms with van der Waals surface area (Å²) in [6, 6.07) is 5.90.